The smallest absolute Gasteiger partial charge is 0.274 e. The first-order valence-electron chi connectivity index (χ1n) is 9.98. The van der Waals surface area contributed by atoms with Gasteiger partial charge in [-0.25, -0.2) is 9.87 Å². The maximum Gasteiger partial charge on any atom is 0.274 e. The van der Waals surface area contributed by atoms with Crippen molar-refractivity contribution in [1.29, 1.82) is 0 Å². The molecule has 2 saturated carbocycles. The standard InChI is InChI=1S/C21H29FN2O2/c1-13-8-15-9-16(20(25)23-26)10-18(22)19(15)14(2)24(13)17-11-21(12-17)6-4-3-5-7-21/h9-10,13-14,17,26H,3-8,11-12H2,1-2H3,(H,23,25)/t13-,14+/m0/s1. The SMILES string of the molecule is C[C@@H]1c2c(F)cc(C(=O)NO)cc2C[C@H](C)N1C1CC2(CCCCC2)C1. The highest BCUT2D eigenvalue weighted by Gasteiger charge is 2.49. The zero-order valence-electron chi connectivity index (χ0n) is 15.7. The minimum atomic E-state index is -0.660. The van der Waals surface area contributed by atoms with Gasteiger partial charge in [0.05, 0.1) is 0 Å². The Morgan fingerprint density at radius 3 is 2.58 bits per heavy atom. The van der Waals surface area contributed by atoms with Crippen LogP contribution in [0.3, 0.4) is 0 Å². The van der Waals surface area contributed by atoms with Gasteiger partial charge in [0.25, 0.3) is 5.91 Å². The van der Waals surface area contributed by atoms with Crippen molar-refractivity contribution in [2.75, 3.05) is 0 Å². The zero-order chi connectivity index (χ0) is 18.5. The fourth-order valence-corrected chi connectivity index (χ4v) is 6.00. The Kier molecular flexibility index (Phi) is 4.56. The van der Waals surface area contributed by atoms with E-state index >= 15 is 0 Å². The topological polar surface area (TPSA) is 52.6 Å². The van der Waals surface area contributed by atoms with Gasteiger partial charge in [-0.1, -0.05) is 19.3 Å². The first kappa shape index (κ1) is 17.9. The number of hydrogen-bond donors (Lipinski definition) is 2. The van der Waals surface area contributed by atoms with Crippen molar-refractivity contribution < 1.29 is 14.4 Å². The summed E-state index contributed by atoms with van der Waals surface area (Å²) in [5, 5.41) is 8.83. The summed E-state index contributed by atoms with van der Waals surface area (Å²) >= 11 is 0. The van der Waals surface area contributed by atoms with E-state index in [1.165, 1.54) is 51.0 Å². The number of halogens is 1. The predicted molar refractivity (Wildman–Crippen MR) is 97.6 cm³/mol. The first-order valence-corrected chi connectivity index (χ1v) is 9.98. The van der Waals surface area contributed by atoms with E-state index < -0.39 is 5.91 Å². The maximum atomic E-state index is 14.8. The zero-order valence-corrected chi connectivity index (χ0v) is 15.7. The Morgan fingerprint density at radius 1 is 1.23 bits per heavy atom. The van der Waals surface area contributed by atoms with Crippen LogP contribution in [-0.4, -0.2) is 28.1 Å². The second-order valence-electron chi connectivity index (χ2n) is 8.77. The molecule has 1 aromatic carbocycles. The molecule has 4 rings (SSSR count). The van der Waals surface area contributed by atoms with Crippen molar-refractivity contribution in [1.82, 2.24) is 10.4 Å². The number of fused-ring (bicyclic) bond motifs is 1. The summed E-state index contributed by atoms with van der Waals surface area (Å²) in [4.78, 5) is 14.2. The van der Waals surface area contributed by atoms with E-state index in [1.807, 2.05) is 0 Å². The van der Waals surface area contributed by atoms with E-state index in [0.717, 1.165) is 17.5 Å². The molecule has 1 amide bonds. The van der Waals surface area contributed by atoms with Crippen molar-refractivity contribution >= 4 is 5.91 Å². The molecule has 0 radical (unpaired) electrons. The average Bonchev–Trinajstić information content (AvgIpc) is 2.59. The second-order valence-corrected chi connectivity index (χ2v) is 8.77. The monoisotopic (exact) mass is 360 g/mol. The van der Waals surface area contributed by atoms with Gasteiger partial charge < -0.3 is 0 Å². The van der Waals surface area contributed by atoms with Crippen LogP contribution < -0.4 is 5.48 Å². The number of hydroxylamine groups is 1. The number of rotatable bonds is 2. The fourth-order valence-electron chi connectivity index (χ4n) is 6.00. The van der Waals surface area contributed by atoms with Crippen molar-refractivity contribution in [3.63, 3.8) is 0 Å². The van der Waals surface area contributed by atoms with Crippen LogP contribution in [0.2, 0.25) is 0 Å². The van der Waals surface area contributed by atoms with Crippen LogP contribution in [0.5, 0.6) is 0 Å². The quantitative estimate of drug-likeness (QED) is 0.608. The molecule has 1 heterocycles. The van der Waals surface area contributed by atoms with Crippen molar-refractivity contribution in [3.8, 4) is 0 Å². The van der Waals surface area contributed by atoms with Crippen LogP contribution in [0, 0.1) is 11.2 Å². The van der Waals surface area contributed by atoms with Gasteiger partial charge >= 0.3 is 0 Å². The molecule has 0 bridgehead atoms. The molecular formula is C21H29FN2O2. The molecule has 2 atom stereocenters. The van der Waals surface area contributed by atoms with E-state index in [-0.39, 0.29) is 17.4 Å². The molecule has 2 N–H and O–H groups in total. The van der Waals surface area contributed by atoms with E-state index in [0.29, 0.717) is 17.5 Å². The minimum absolute atomic E-state index is 0.0194. The number of hydrogen-bond acceptors (Lipinski definition) is 3. The summed E-state index contributed by atoms with van der Waals surface area (Å²) in [5.74, 6) is -0.995. The molecule has 5 heteroatoms. The first-order chi connectivity index (χ1) is 12.4. The van der Waals surface area contributed by atoms with Gasteiger partial charge in [-0.15, -0.1) is 0 Å². The van der Waals surface area contributed by atoms with Crippen LogP contribution in [-0.2, 0) is 6.42 Å². The summed E-state index contributed by atoms with van der Waals surface area (Å²) in [7, 11) is 0. The minimum Gasteiger partial charge on any atom is -0.291 e. The molecule has 0 aromatic heterocycles. The second kappa shape index (κ2) is 6.61. The van der Waals surface area contributed by atoms with Crippen molar-refractivity contribution in [2.45, 2.75) is 83.3 Å². The molecule has 2 aliphatic carbocycles. The number of carbonyl (C=O) groups is 1. The lowest BCUT2D eigenvalue weighted by molar-refractivity contribution is -0.0616. The number of benzene rings is 1. The van der Waals surface area contributed by atoms with Gasteiger partial charge in [0.15, 0.2) is 0 Å². The summed E-state index contributed by atoms with van der Waals surface area (Å²) in [6.07, 6.45) is 10.1. The predicted octanol–water partition coefficient (Wildman–Crippen LogP) is 4.37. The Bertz CT molecular complexity index is 706. The highest BCUT2D eigenvalue weighted by molar-refractivity contribution is 5.93. The molecule has 0 saturated heterocycles. The van der Waals surface area contributed by atoms with E-state index in [9.17, 15) is 9.18 Å². The number of amides is 1. The van der Waals surface area contributed by atoms with Gasteiger partial charge in [-0.05, 0) is 69.1 Å². The molecule has 0 unspecified atom stereocenters. The van der Waals surface area contributed by atoms with E-state index in [1.54, 1.807) is 11.5 Å². The molecule has 2 fully saturated rings. The van der Waals surface area contributed by atoms with Gasteiger partial charge in [-0.2, -0.15) is 0 Å². The molecule has 1 aromatic rings. The van der Waals surface area contributed by atoms with Crippen LogP contribution in [0.15, 0.2) is 12.1 Å². The fraction of sp³-hybridized carbons (Fsp3) is 0.667. The lowest BCUT2D eigenvalue weighted by Gasteiger charge is -2.57. The molecule has 142 valence electrons. The van der Waals surface area contributed by atoms with Crippen LogP contribution >= 0.6 is 0 Å². The molecule has 4 nitrogen and oxygen atoms in total. The summed E-state index contributed by atoms with van der Waals surface area (Å²) < 4.78 is 14.8. The Morgan fingerprint density at radius 2 is 1.92 bits per heavy atom. The van der Waals surface area contributed by atoms with Gasteiger partial charge in [-0.3, -0.25) is 14.9 Å². The van der Waals surface area contributed by atoms with E-state index in [4.69, 9.17) is 5.21 Å². The third kappa shape index (κ3) is 2.85. The average molecular weight is 360 g/mol. The molecular weight excluding hydrogens is 331 g/mol. The van der Waals surface area contributed by atoms with Crippen molar-refractivity contribution in [3.05, 3.63) is 34.6 Å². The number of nitrogens with zero attached hydrogens (tertiary/aromatic N) is 1. The van der Waals surface area contributed by atoms with Crippen molar-refractivity contribution in [2.24, 2.45) is 5.41 Å². The lowest BCUT2D eigenvalue weighted by atomic mass is 9.57. The van der Waals surface area contributed by atoms with Gasteiger partial charge in [0.1, 0.15) is 5.82 Å². The Hall–Kier alpha value is -1.46. The summed E-state index contributed by atoms with van der Waals surface area (Å²) in [6.45, 7) is 4.30. The number of carbonyl (C=O) groups excluding carboxylic acids is 1. The van der Waals surface area contributed by atoms with E-state index in [2.05, 4.69) is 18.7 Å². The largest absolute Gasteiger partial charge is 0.291 e. The van der Waals surface area contributed by atoms with Crippen LogP contribution in [0.4, 0.5) is 4.39 Å². The van der Waals surface area contributed by atoms with Crippen LogP contribution in [0.1, 0.15) is 86.3 Å². The third-order valence-electron chi connectivity index (χ3n) is 7.14. The molecule has 1 aliphatic heterocycles. The maximum absolute atomic E-state index is 14.8. The lowest BCUT2D eigenvalue weighted by Crippen LogP contribution is -2.56. The Balaban J connectivity index is 1.57. The molecule has 1 spiro atoms. The highest BCUT2D eigenvalue weighted by atomic mass is 19.1. The number of nitrogens with one attached hydrogen (secondary N) is 1. The normalized spacial score (nSPS) is 28.5. The molecule has 26 heavy (non-hydrogen) atoms. The van der Waals surface area contributed by atoms with Crippen LogP contribution in [0.25, 0.3) is 0 Å². The highest BCUT2D eigenvalue weighted by Crippen LogP contribution is 2.55. The molecule has 3 aliphatic rings. The Labute approximate surface area is 154 Å². The third-order valence-corrected chi connectivity index (χ3v) is 7.14. The summed E-state index contributed by atoms with van der Waals surface area (Å²) in [5.41, 5.74) is 3.96. The summed E-state index contributed by atoms with van der Waals surface area (Å²) in [6, 6.07) is 3.88. The van der Waals surface area contributed by atoms with Gasteiger partial charge in [0, 0.05) is 29.3 Å². The van der Waals surface area contributed by atoms with Gasteiger partial charge in [0.2, 0.25) is 0 Å².